The van der Waals surface area contributed by atoms with Gasteiger partial charge in [0.05, 0.1) is 11.6 Å². The third-order valence-electron chi connectivity index (χ3n) is 2.27. The van der Waals surface area contributed by atoms with Crippen LogP contribution in [0.2, 0.25) is 0 Å². The molecule has 5 nitrogen and oxygen atoms in total. The molecular formula is C9H11N3O2. The minimum Gasteiger partial charge on any atom is -0.357 e. The summed E-state index contributed by atoms with van der Waals surface area (Å²) in [4.78, 5) is 12.2. The van der Waals surface area contributed by atoms with Crippen molar-refractivity contribution in [3.8, 4) is 0 Å². The van der Waals surface area contributed by atoms with Gasteiger partial charge in [-0.1, -0.05) is 6.07 Å². The van der Waals surface area contributed by atoms with Gasteiger partial charge in [-0.2, -0.15) is 0 Å². The first-order chi connectivity index (χ1) is 6.77. The second-order valence-corrected chi connectivity index (χ2v) is 3.20. The summed E-state index contributed by atoms with van der Waals surface area (Å²) in [6.07, 6.45) is 0. The van der Waals surface area contributed by atoms with Crippen molar-refractivity contribution in [2.24, 2.45) is 0 Å². The van der Waals surface area contributed by atoms with E-state index in [9.17, 15) is 10.1 Å². The Labute approximate surface area is 81.5 Å². The van der Waals surface area contributed by atoms with Crippen molar-refractivity contribution in [1.29, 1.82) is 0 Å². The number of benzene rings is 1. The van der Waals surface area contributed by atoms with E-state index >= 15 is 0 Å². The van der Waals surface area contributed by atoms with E-state index < -0.39 is 0 Å². The van der Waals surface area contributed by atoms with Crippen molar-refractivity contribution >= 4 is 11.4 Å². The first kappa shape index (κ1) is 8.96. The van der Waals surface area contributed by atoms with Gasteiger partial charge in [-0.15, -0.1) is 0 Å². The van der Waals surface area contributed by atoms with Crippen LogP contribution in [0.25, 0.3) is 0 Å². The summed E-state index contributed by atoms with van der Waals surface area (Å²) in [5.74, 6) is 0. The van der Waals surface area contributed by atoms with Crippen LogP contribution >= 0.6 is 0 Å². The Bertz CT molecular complexity index is 348. The number of nitrogens with one attached hydrogen (secondary N) is 1. The minimum atomic E-state index is -0.368. The van der Waals surface area contributed by atoms with Gasteiger partial charge in [0.2, 0.25) is 0 Å². The summed E-state index contributed by atoms with van der Waals surface area (Å²) in [6.45, 7) is 2.60. The van der Waals surface area contributed by atoms with Crippen LogP contribution in [-0.2, 0) is 0 Å². The van der Waals surface area contributed by atoms with Gasteiger partial charge in [0, 0.05) is 30.9 Å². The fourth-order valence-corrected chi connectivity index (χ4v) is 1.53. The number of nitro benzene ring substituents is 1. The van der Waals surface area contributed by atoms with Crippen LogP contribution in [0.15, 0.2) is 24.3 Å². The molecule has 0 aliphatic carbocycles. The topological polar surface area (TPSA) is 58.4 Å². The molecule has 1 aliphatic rings. The molecule has 0 amide bonds. The van der Waals surface area contributed by atoms with Gasteiger partial charge >= 0.3 is 0 Å². The number of hydrogen-bond acceptors (Lipinski definition) is 4. The Morgan fingerprint density at radius 1 is 1.50 bits per heavy atom. The van der Waals surface area contributed by atoms with Crippen LogP contribution in [0, 0.1) is 10.1 Å². The third kappa shape index (κ3) is 1.67. The zero-order chi connectivity index (χ0) is 9.97. The average Bonchev–Trinajstić information content (AvgIpc) is 2.71. The zero-order valence-electron chi connectivity index (χ0n) is 7.64. The summed E-state index contributed by atoms with van der Waals surface area (Å²) in [5.41, 5.74) is 1.05. The highest BCUT2D eigenvalue weighted by Gasteiger charge is 2.14. The molecule has 0 unspecified atom stereocenters. The molecule has 1 N–H and O–H groups in total. The normalized spacial score (nSPS) is 15.9. The SMILES string of the molecule is O=[N+]([O-])c1cccc(N2CCNC2)c1. The van der Waals surface area contributed by atoms with E-state index in [1.165, 1.54) is 6.07 Å². The largest absolute Gasteiger partial charge is 0.357 e. The number of nitrogens with zero attached hydrogens (tertiary/aromatic N) is 2. The lowest BCUT2D eigenvalue weighted by atomic mass is 10.2. The molecule has 14 heavy (non-hydrogen) atoms. The van der Waals surface area contributed by atoms with Gasteiger partial charge in [-0.25, -0.2) is 0 Å². The molecule has 0 radical (unpaired) electrons. The Morgan fingerprint density at radius 3 is 3.00 bits per heavy atom. The number of anilines is 1. The lowest BCUT2D eigenvalue weighted by Gasteiger charge is -2.15. The van der Waals surface area contributed by atoms with E-state index in [0.717, 1.165) is 25.4 Å². The molecule has 1 fully saturated rings. The highest BCUT2D eigenvalue weighted by molar-refractivity contribution is 5.53. The van der Waals surface area contributed by atoms with Gasteiger partial charge in [0.1, 0.15) is 0 Å². The first-order valence-corrected chi connectivity index (χ1v) is 4.47. The third-order valence-corrected chi connectivity index (χ3v) is 2.27. The monoisotopic (exact) mass is 193 g/mol. The molecule has 74 valence electrons. The highest BCUT2D eigenvalue weighted by Crippen LogP contribution is 2.21. The van der Waals surface area contributed by atoms with Crippen molar-refractivity contribution in [3.05, 3.63) is 34.4 Å². The van der Waals surface area contributed by atoms with E-state index in [1.807, 2.05) is 6.07 Å². The molecular weight excluding hydrogens is 182 g/mol. The van der Waals surface area contributed by atoms with Gasteiger partial charge < -0.3 is 4.90 Å². The van der Waals surface area contributed by atoms with Crippen molar-refractivity contribution in [2.75, 3.05) is 24.7 Å². The summed E-state index contributed by atoms with van der Waals surface area (Å²) in [6, 6.07) is 6.71. The van der Waals surface area contributed by atoms with Crippen molar-refractivity contribution in [2.45, 2.75) is 0 Å². The lowest BCUT2D eigenvalue weighted by Crippen LogP contribution is -2.20. The van der Waals surface area contributed by atoms with Crippen LogP contribution in [-0.4, -0.2) is 24.7 Å². The van der Waals surface area contributed by atoms with E-state index in [1.54, 1.807) is 12.1 Å². The highest BCUT2D eigenvalue weighted by atomic mass is 16.6. The summed E-state index contributed by atoms with van der Waals surface area (Å²) in [5, 5.41) is 13.7. The van der Waals surface area contributed by atoms with Crippen molar-refractivity contribution in [1.82, 2.24) is 5.32 Å². The smallest absolute Gasteiger partial charge is 0.271 e. The van der Waals surface area contributed by atoms with Crippen LogP contribution in [0.1, 0.15) is 0 Å². The lowest BCUT2D eigenvalue weighted by molar-refractivity contribution is -0.384. The molecule has 0 saturated carbocycles. The average molecular weight is 193 g/mol. The summed E-state index contributed by atoms with van der Waals surface area (Å²) >= 11 is 0. The van der Waals surface area contributed by atoms with Crippen LogP contribution < -0.4 is 10.2 Å². The maximum atomic E-state index is 10.5. The van der Waals surface area contributed by atoms with E-state index in [4.69, 9.17) is 0 Å². The van der Waals surface area contributed by atoms with Crippen LogP contribution in [0.3, 0.4) is 0 Å². The molecule has 0 bridgehead atoms. The predicted octanol–water partition coefficient (Wildman–Crippen LogP) is 0.962. The van der Waals surface area contributed by atoms with Crippen LogP contribution in [0.5, 0.6) is 0 Å². The number of rotatable bonds is 2. The molecule has 0 spiro atoms. The van der Waals surface area contributed by atoms with Gasteiger partial charge in [-0.3, -0.25) is 15.4 Å². The molecule has 1 aromatic carbocycles. The van der Waals surface area contributed by atoms with E-state index in [2.05, 4.69) is 10.2 Å². The Balaban J connectivity index is 2.25. The second-order valence-electron chi connectivity index (χ2n) is 3.20. The molecule has 2 rings (SSSR count). The molecule has 1 heterocycles. The fraction of sp³-hybridized carbons (Fsp3) is 0.333. The Morgan fingerprint density at radius 2 is 2.36 bits per heavy atom. The van der Waals surface area contributed by atoms with E-state index in [-0.39, 0.29) is 10.6 Å². The standard InChI is InChI=1S/C9H11N3O2/c13-12(14)9-3-1-2-8(6-9)11-5-4-10-7-11/h1-3,6,10H,4-5,7H2. The zero-order valence-corrected chi connectivity index (χ0v) is 7.64. The Kier molecular flexibility index (Phi) is 2.32. The minimum absolute atomic E-state index is 0.148. The quantitative estimate of drug-likeness (QED) is 0.561. The van der Waals surface area contributed by atoms with Gasteiger partial charge in [0.25, 0.3) is 5.69 Å². The number of nitro groups is 1. The molecule has 1 aliphatic heterocycles. The maximum absolute atomic E-state index is 10.5. The predicted molar refractivity (Wildman–Crippen MR) is 53.3 cm³/mol. The van der Waals surface area contributed by atoms with Crippen molar-refractivity contribution in [3.63, 3.8) is 0 Å². The molecule has 1 saturated heterocycles. The summed E-state index contributed by atoms with van der Waals surface area (Å²) in [7, 11) is 0. The molecule has 0 aromatic heterocycles. The van der Waals surface area contributed by atoms with Crippen LogP contribution in [0.4, 0.5) is 11.4 Å². The molecule has 0 atom stereocenters. The second kappa shape index (κ2) is 3.63. The fourth-order valence-electron chi connectivity index (χ4n) is 1.53. The number of non-ortho nitro benzene ring substituents is 1. The Hall–Kier alpha value is -1.62. The first-order valence-electron chi connectivity index (χ1n) is 4.47. The van der Waals surface area contributed by atoms with E-state index in [0.29, 0.717) is 0 Å². The maximum Gasteiger partial charge on any atom is 0.271 e. The molecule has 1 aromatic rings. The van der Waals surface area contributed by atoms with Gasteiger partial charge in [-0.05, 0) is 6.07 Å². The summed E-state index contributed by atoms with van der Waals surface area (Å²) < 4.78 is 0. The molecule has 5 heteroatoms. The van der Waals surface area contributed by atoms with Crippen molar-refractivity contribution < 1.29 is 4.92 Å². The van der Waals surface area contributed by atoms with Gasteiger partial charge in [0.15, 0.2) is 0 Å². The number of hydrogen-bond donors (Lipinski definition) is 1.